The lowest BCUT2D eigenvalue weighted by atomic mass is 10.1. The normalized spacial score (nSPS) is 13.6. The van der Waals surface area contributed by atoms with Gasteiger partial charge in [-0.15, -0.1) is 0 Å². The molecule has 3 nitrogen and oxygen atoms in total. The monoisotopic (exact) mass is 229 g/mol. The van der Waals surface area contributed by atoms with E-state index in [0.29, 0.717) is 18.9 Å². The van der Waals surface area contributed by atoms with E-state index in [2.05, 4.69) is 19.2 Å². The van der Waals surface area contributed by atoms with Crippen LogP contribution in [0.25, 0.3) is 0 Å². The summed E-state index contributed by atoms with van der Waals surface area (Å²) in [7, 11) is 0. The first kappa shape index (κ1) is 15.4. The second kappa shape index (κ2) is 7.66. The van der Waals surface area contributed by atoms with Gasteiger partial charge in [0.2, 0.25) is 0 Å². The number of ether oxygens (including phenoxy) is 1. The van der Waals surface area contributed by atoms with Crippen molar-refractivity contribution in [1.29, 1.82) is 0 Å². The summed E-state index contributed by atoms with van der Waals surface area (Å²) in [6.07, 6.45) is 2.91. The van der Waals surface area contributed by atoms with Gasteiger partial charge in [0.05, 0.1) is 6.42 Å². The lowest BCUT2D eigenvalue weighted by Gasteiger charge is -2.19. The van der Waals surface area contributed by atoms with Crippen molar-refractivity contribution in [2.75, 3.05) is 13.1 Å². The van der Waals surface area contributed by atoms with E-state index >= 15 is 0 Å². The summed E-state index contributed by atoms with van der Waals surface area (Å²) in [5, 5.41) is 3.29. The largest absolute Gasteiger partial charge is 0.460 e. The highest BCUT2D eigenvalue weighted by Crippen LogP contribution is 2.08. The minimum absolute atomic E-state index is 0.122. The van der Waals surface area contributed by atoms with Crippen molar-refractivity contribution in [2.45, 2.75) is 59.5 Å². The predicted molar refractivity (Wildman–Crippen MR) is 67.4 cm³/mol. The second-order valence-corrected chi connectivity index (χ2v) is 5.43. The summed E-state index contributed by atoms with van der Waals surface area (Å²) >= 11 is 0. The van der Waals surface area contributed by atoms with Gasteiger partial charge in [0.1, 0.15) is 5.60 Å². The summed E-state index contributed by atoms with van der Waals surface area (Å²) in [5.41, 5.74) is -0.368. The van der Waals surface area contributed by atoms with Crippen LogP contribution in [0.15, 0.2) is 0 Å². The molecule has 0 amide bonds. The second-order valence-electron chi connectivity index (χ2n) is 5.43. The third-order valence-electron chi connectivity index (χ3n) is 2.20. The summed E-state index contributed by atoms with van der Waals surface area (Å²) in [4.78, 5) is 11.4. The van der Waals surface area contributed by atoms with Gasteiger partial charge in [0.15, 0.2) is 0 Å². The van der Waals surface area contributed by atoms with E-state index in [0.717, 1.165) is 6.54 Å². The molecule has 0 rings (SSSR count). The van der Waals surface area contributed by atoms with Gasteiger partial charge < -0.3 is 10.1 Å². The van der Waals surface area contributed by atoms with Crippen LogP contribution in [0.4, 0.5) is 0 Å². The van der Waals surface area contributed by atoms with Crippen LogP contribution in [-0.4, -0.2) is 24.7 Å². The van der Waals surface area contributed by atoms with E-state index in [1.165, 1.54) is 12.8 Å². The van der Waals surface area contributed by atoms with E-state index in [9.17, 15) is 4.79 Å². The number of rotatable bonds is 7. The van der Waals surface area contributed by atoms with Gasteiger partial charge in [-0.3, -0.25) is 4.79 Å². The summed E-state index contributed by atoms with van der Waals surface area (Å²) in [6.45, 7) is 11.8. The number of esters is 1. The maximum Gasteiger partial charge on any atom is 0.307 e. The first-order valence-electron chi connectivity index (χ1n) is 6.27. The highest BCUT2D eigenvalue weighted by atomic mass is 16.6. The Labute approximate surface area is 99.9 Å². The Balaban J connectivity index is 3.48. The van der Waals surface area contributed by atoms with E-state index in [1.807, 2.05) is 20.8 Å². The highest BCUT2D eigenvalue weighted by Gasteiger charge is 2.15. The summed E-state index contributed by atoms with van der Waals surface area (Å²) in [5.74, 6) is 0.562. The van der Waals surface area contributed by atoms with Crippen molar-refractivity contribution in [2.24, 2.45) is 5.92 Å². The molecular weight excluding hydrogens is 202 g/mol. The Morgan fingerprint density at radius 1 is 1.38 bits per heavy atom. The lowest BCUT2D eigenvalue weighted by Crippen LogP contribution is -2.28. The average Bonchev–Trinajstić information content (AvgIpc) is 2.10. The van der Waals surface area contributed by atoms with Crippen LogP contribution < -0.4 is 5.32 Å². The number of hydrogen-bond donors (Lipinski definition) is 1. The van der Waals surface area contributed by atoms with Gasteiger partial charge >= 0.3 is 5.97 Å². The van der Waals surface area contributed by atoms with Crippen LogP contribution in [0.1, 0.15) is 53.9 Å². The van der Waals surface area contributed by atoms with Crippen molar-refractivity contribution >= 4 is 5.97 Å². The number of carbonyl (C=O) groups is 1. The minimum atomic E-state index is -0.368. The standard InChI is InChI=1S/C13H27NO2/c1-6-7-11(2)10-14-9-8-12(15)16-13(3,4)5/h11,14H,6-10H2,1-5H3. The first-order chi connectivity index (χ1) is 7.35. The summed E-state index contributed by atoms with van der Waals surface area (Å²) < 4.78 is 5.21. The van der Waals surface area contributed by atoms with Crippen LogP contribution in [0, 0.1) is 5.92 Å². The van der Waals surface area contributed by atoms with Crippen molar-refractivity contribution in [3.8, 4) is 0 Å². The number of carbonyl (C=O) groups excluding carboxylic acids is 1. The highest BCUT2D eigenvalue weighted by molar-refractivity contribution is 5.70. The maximum absolute atomic E-state index is 11.4. The van der Waals surface area contributed by atoms with Crippen molar-refractivity contribution in [3.63, 3.8) is 0 Å². The smallest absolute Gasteiger partial charge is 0.307 e. The van der Waals surface area contributed by atoms with Gasteiger partial charge in [-0.05, 0) is 39.7 Å². The van der Waals surface area contributed by atoms with Gasteiger partial charge in [0, 0.05) is 6.54 Å². The third kappa shape index (κ3) is 9.97. The fourth-order valence-electron chi connectivity index (χ4n) is 1.53. The SMILES string of the molecule is CCCC(C)CNCCC(=O)OC(C)(C)C. The Morgan fingerprint density at radius 3 is 2.50 bits per heavy atom. The van der Waals surface area contributed by atoms with Crippen LogP contribution in [-0.2, 0) is 9.53 Å². The molecule has 0 saturated carbocycles. The molecule has 0 aromatic carbocycles. The maximum atomic E-state index is 11.4. The molecule has 1 unspecified atom stereocenters. The van der Waals surface area contributed by atoms with Gasteiger partial charge in [0.25, 0.3) is 0 Å². The number of hydrogen-bond acceptors (Lipinski definition) is 3. The molecule has 0 aliphatic rings. The minimum Gasteiger partial charge on any atom is -0.460 e. The van der Waals surface area contributed by atoms with Crippen LogP contribution >= 0.6 is 0 Å². The molecule has 0 saturated heterocycles. The van der Waals surface area contributed by atoms with Crippen LogP contribution in [0.2, 0.25) is 0 Å². The van der Waals surface area contributed by atoms with Crippen molar-refractivity contribution < 1.29 is 9.53 Å². The van der Waals surface area contributed by atoms with Gasteiger partial charge in [-0.1, -0.05) is 20.3 Å². The Kier molecular flexibility index (Phi) is 7.39. The lowest BCUT2D eigenvalue weighted by molar-refractivity contribution is -0.154. The van der Waals surface area contributed by atoms with Gasteiger partial charge in [-0.25, -0.2) is 0 Å². The molecular formula is C13H27NO2. The molecule has 0 spiro atoms. The zero-order chi connectivity index (χ0) is 12.6. The molecule has 0 aliphatic carbocycles. The van der Waals surface area contributed by atoms with Crippen LogP contribution in [0.3, 0.4) is 0 Å². The Hall–Kier alpha value is -0.570. The fraction of sp³-hybridized carbons (Fsp3) is 0.923. The number of nitrogens with one attached hydrogen (secondary N) is 1. The topological polar surface area (TPSA) is 38.3 Å². The molecule has 0 bridgehead atoms. The quantitative estimate of drug-likeness (QED) is 0.539. The predicted octanol–water partition coefficient (Wildman–Crippen LogP) is 2.74. The van der Waals surface area contributed by atoms with Gasteiger partial charge in [-0.2, -0.15) is 0 Å². The van der Waals surface area contributed by atoms with Crippen molar-refractivity contribution in [1.82, 2.24) is 5.32 Å². The molecule has 0 fully saturated rings. The summed E-state index contributed by atoms with van der Waals surface area (Å²) in [6, 6.07) is 0. The van der Waals surface area contributed by atoms with E-state index in [-0.39, 0.29) is 11.6 Å². The first-order valence-corrected chi connectivity index (χ1v) is 6.27. The molecule has 1 atom stereocenters. The molecule has 0 aromatic heterocycles. The molecule has 0 heterocycles. The molecule has 96 valence electrons. The fourth-order valence-corrected chi connectivity index (χ4v) is 1.53. The van der Waals surface area contributed by atoms with Crippen LogP contribution in [0.5, 0.6) is 0 Å². The van der Waals surface area contributed by atoms with Crippen molar-refractivity contribution in [3.05, 3.63) is 0 Å². The average molecular weight is 229 g/mol. The third-order valence-corrected chi connectivity index (χ3v) is 2.20. The zero-order valence-corrected chi connectivity index (χ0v) is 11.4. The Bertz CT molecular complexity index is 197. The van der Waals surface area contributed by atoms with E-state index in [1.54, 1.807) is 0 Å². The molecule has 1 N–H and O–H groups in total. The van der Waals surface area contributed by atoms with E-state index < -0.39 is 0 Å². The van der Waals surface area contributed by atoms with E-state index in [4.69, 9.17) is 4.74 Å². The molecule has 16 heavy (non-hydrogen) atoms. The molecule has 0 aliphatic heterocycles. The molecule has 0 aromatic rings. The zero-order valence-electron chi connectivity index (χ0n) is 11.4. The molecule has 3 heteroatoms. The molecule has 0 radical (unpaired) electrons. The Morgan fingerprint density at radius 2 is 2.00 bits per heavy atom.